The lowest BCUT2D eigenvalue weighted by Crippen LogP contribution is -2.14. The molecule has 0 aliphatic carbocycles. The van der Waals surface area contributed by atoms with Gasteiger partial charge in [0.2, 0.25) is 5.91 Å². The number of amides is 1. The molecule has 0 saturated heterocycles. The minimum absolute atomic E-state index is 0.405. The molecule has 0 radical (unpaired) electrons. The van der Waals surface area contributed by atoms with E-state index in [0.29, 0.717) is 12.0 Å². The molecule has 0 fully saturated rings. The minimum atomic E-state index is -0.465. The summed E-state index contributed by atoms with van der Waals surface area (Å²) in [6, 6.07) is 11.5. The molecule has 1 aromatic carbocycles. The molecule has 2 N–H and O–H groups in total. The van der Waals surface area contributed by atoms with Crippen molar-refractivity contribution in [1.29, 1.82) is 0 Å². The van der Waals surface area contributed by atoms with Gasteiger partial charge in [0.25, 0.3) is 0 Å². The first-order chi connectivity index (χ1) is 8.66. The molecule has 90 valence electrons. The Kier molecular flexibility index (Phi) is 3.48. The molecule has 0 atom stereocenters. The molecule has 2 rings (SSSR count). The Balaban J connectivity index is 2.16. The third-order valence-electron chi connectivity index (χ3n) is 2.59. The number of nitrogens with two attached hydrogens (primary N) is 1. The lowest BCUT2D eigenvalue weighted by Gasteiger charge is -2.04. The van der Waals surface area contributed by atoms with Gasteiger partial charge in [-0.2, -0.15) is 10.2 Å². The van der Waals surface area contributed by atoms with Crippen LogP contribution in [0, 0.1) is 0 Å². The van der Waals surface area contributed by atoms with Gasteiger partial charge in [-0.05, 0) is 17.7 Å². The van der Waals surface area contributed by atoms with Crippen molar-refractivity contribution in [2.75, 3.05) is 0 Å². The molecule has 18 heavy (non-hydrogen) atoms. The summed E-state index contributed by atoms with van der Waals surface area (Å²) in [5.41, 5.74) is 8.35. The molecule has 0 bridgehead atoms. The number of rotatable bonds is 4. The molecule has 0 aliphatic rings. The normalized spacial score (nSPS) is 10.0. The van der Waals surface area contributed by atoms with Crippen molar-refractivity contribution < 1.29 is 4.79 Å². The molecule has 4 heteroatoms. The Hall–Kier alpha value is -2.49. The van der Waals surface area contributed by atoms with Crippen LogP contribution in [0.3, 0.4) is 0 Å². The number of hydrogen-bond acceptors (Lipinski definition) is 3. The molecule has 1 aromatic heterocycles. The SMILES string of the molecule is C=C(Cc1ccc(-c2cccnn2)cc1)C(N)=O. The van der Waals surface area contributed by atoms with Crippen LogP contribution in [0.15, 0.2) is 54.7 Å². The number of benzene rings is 1. The van der Waals surface area contributed by atoms with Crippen LogP contribution in [-0.4, -0.2) is 16.1 Å². The van der Waals surface area contributed by atoms with E-state index in [9.17, 15) is 4.79 Å². The van der Waals surface area contributed by atoms with Gasteiger partial charge >= 0.3 is 0 Å². The van der Waals surface area contributed by atoms with Crippen LogP contribution in [0.2, 0.25) is 0 Å². The smallest absolute Gasteiger partial charge is 0.244 e. The van der Waals surface area contributed by atoms with Crippen LogP contribution in [0.4, 0.5) is 0 Å². The van der Waals surface area contributed by atoms with Crippen molar-refractivity contribution in [3.63, 3.8) is 0 Å². The van der Waals surface area contributed by atoms with Crippen LogP contribution in [0.25, 0.3) is 11.3 Å². The quantitative estimate of drug-likeness (QED) is 0.826. The molecule has 1 amide bonds. The summed E-state index contributed by atoms with van der Waals surface area (Å²) >= 11 is 0. The van der Waals surface area contributed by atoms with E-state index in [1.54, 1.807) is 6.20 Å². The van der Waals surface area contributed by atoms with Gasteiger partial charge in [0.05, 0.1) is 5.69 Å². The molecule has 1 heterocycles. The highest BCUT2D eigenvalue weighted by atomic mass is 16.1. The molecular weight excluding hydrogens is 226 g/mol. The fourth-order valence-electron chi connectivity index (χ4n) is 1.58. The number of carbonyl (C=O) groups excluding carboxylic acids is 1. The standard InChI is InChI=1S/C14H13N3O/c1-10(14(15)18)9-11-4-6-12(7-5-11)13-3-2-8-16-17-13/h2-8H,1,9H2,(H2,15,18). The first-order valence-corrected chi connectivity index (χ1v) is 5.51. The van der Waals surface area contributed by atoms with Gasteiger partial charge in [-0.1, -0.05) is 30.8 Å². The monoisotopic (exact) mass is 239 g/mol. The summed E-state index contributed by atoms with van der Waals surface area (Å²) in [6.45, 7) is 3.63. The highest BCUT2D eigenvalue weighted by Gasteiger charge is 2.04. The second-order valence-electron chi connectivity index (χ2n) is 3.95. The average molecular weight is 239 g/mol. The second kappa shape index (κ2) is 5.23. The molecular formula is C14H13N3O. The molecule has 0 unspecified atom stereocenters. The van der Waals surface area contributed by atoms with Crippen molar-refractivity contribution in [2.24, 2.45) is 5.73 Å². The molecule has 2 aromatic rings. The fourth-order valence-corrected chi connectivity index (χ4v) is 1.58. The summed E-state index contributed by atoms with van der Waals surface area (Å²) in [4.78, 5) is 10.9. The lowest BCUT2D eigenvalue weighted by atomic mass is 10.0. The van der Waals surface area contributed by atoms with Gasteiger partial charge in [-0.25, -0.2) is 0 Å². The Morgan fingerprint density at radius 3 is 2.50 bits per heavy atom. The van der Waals surface area contributed by atoms with Crippen LogP contribution < -0.4 is 5.73 Å². The van der Waals surface area contributed by atoms with E-state index in [0.717, 1.165) is 16.8 Å². The third kappa shape index (κ3) is 2.79. The predicted molar refractivity (Wildman–Crippen MR) is 69.5 cm³/mol. The van der Waals surface area contributed by atoms with E-state index >= 15 is 0 Å². The number of carbonyl (C=O) groups is 1. The summed E-state index contributed by atoms with van der Waals surface area (Å²) in [5.74, 6) is -0.465. The molecule has 0 spiro atoms. The van der Waals surface area contributed by atoms with Crippen molar-refractivity contribution in [3.8, 4) is 11.3 Å². The minimum Gasteiger partial charge on any atom is -0.366 e. The average Bonchev–Trinajstić information content (AvgIpc) is 2.40. The summed E-state index contributed by atoms with van der Waals surface area (Å²) in [6.07, 6.45) is 2.10. The first-order valence-electron chi connectivity index (χ1n) is 5.51. The zero-order chi connectivity index (χ0) is 13.0. The Morgan fingerprint density at radius 2 is 1.94 bits per heavy atom. The maximum absolute atomic E-state index is 10.9. The van der Waals surface area contributed by atoms with Crippen LogP contribution in [-0.2, 0) is 11.2 Å². The van der Waals surface area contributed by atoms with Gasteiger partial charge in [-0.15, -0.1) is 0 Å². The Labute approximate surface area is 105 Å². The number of primary amides is 1. The maximum Gasteiger partial charge on any atom is 0.244 e. The van der Waals surface area contributed by atoms with E-state index < -0.39 is 5.91 Å². The second-order valence-corrected chi connectivity index (χ2v) is 3.95. The van der Waals surface area contributed by atoms with Gasteiger partial charge < -0.3 is 5.73 Å². The van der Waals surface area contributed by atoms with Crippen molar-refractivity contribution >= 4 is 5.91 Å². The highest BCUT2D eigenvalue weighted by Crippen LogP contribution is 2.17. The molecule has 0 aliphatic heterocycles. The van der Waals surface area contributed by atoms with Crippen molar-refractivity contribution in [3.05, 3.63) is 60.3 Å². The van der Waals surface area contributed by atoms with Crippen molar-refractivity contribution in [1.82, 2.24) is 10.2 Å². The topological polar surface area (TPSA) is 68.9 Å². The van der Waals surface area contributed by atoms with E-state index in [2.05, 4.69) is 16.8 Å². The Morgan fingerprint density at radius 1 is 1.22 bits per heavy atom. The summed E-state index contributed by atoms with van der Waals surface area (Å²) < 4.78 is 0. The number of hydrogen-bond donors (Lipinski definition) is 1. The fraction of sp³-hybridized carbons (Fsp3) is 0.0714. The van der Waals surface area contributed by atoms with Gasteiger partial charge in [0.15, 0.2) is 0 Å². The maximum atomic E-state index is 10.9. The van der Waals surface area contributed by atoms with Gasteiger partial charge in [-0.3, -0.25) is 4.79 Å². The number of aromatic nitrogens is 2. The zero-order valence-electron chi connectivity index (χ0n) is 9.84. The Bertz CT molecular complexity index is 561. The molecule has 0 saturated carbocycles. The summed E-state index contributed by atoms with van der Waals surface area (Å²) in [7, 11) is 0. The zero-order valence-corrected chi connectivity index (χ0v) is 9.84. The third-order valence-corrected chi connectivity index (χ3v) is 2.59. The van der Waals surface area contributed by atoms with Gasteiger partial charge in [0.1, 0.15) is 0 Å². The van der Waals surface area contributed by atoms with Crippen LogP contribution >= 0.6 is 0 Å². The van der Waals surface area contributed by atoms with E-state index in [1.165, 1.54) is 0 Å². The van der Waals surface area contributed by atoms with E-state index in [-0.39, 0.29) is 0 Å². The van der Waals surface area contributed by atoms with E-state index in [1.807, 2.05) is 36.4 Å². The number of nitrogens with zero attached hydrogens (tertiary/aromatic N) is 2. The highest BCUT2D eigenvalue weighted by molar-refractivity contribution is 5.91. The van der Waals surface area contributed by atoms with Gasteiger partial charge in [0, 0.05) is 23.8 Å². The van der Waals surface area contributed by atoms with Crippen LogP contribution in [0.5, 0.6) is 0 Å². The largest absolute Gasteiger partial charge is 0.366 e. The molecule has 4 nitrogen and oxygen atoms in total. The van der Waals surface area contributed by atoms with E-state index in [4.69, 9.17) is 5.73 Å². The van der Waals surface area contributed by atoms with Crippen LogP contribution in [0.1, 0.15) is 5.56 Å². The first kappa shape index (κ1) is 12.0. The summed E-state index contributed by atoms with van der Waals surface area (Å²) in [5, 5.41) is 7.86. The lowest BCUT2D eigenvalue weighted by molar-refractivity contribution is -0.114. The van der Waals surface area contributed by atoms with Crippen molar-refractivity contribution in [2.45, 2.75) is 6.42 Å². The predicted octanol–water partition coefficient (Wildman–Crippen LogP) is 1.73.